The second-order valence-electron chi connectivity index (χ2n) is 5.57. The van der Waals surface area contributed by atoms with Crippen molar-refractivity contribution in [2.45, 2.75) is 31.8 Å². The summed E-state index contributed by atoms with van der Waals surface area (Å²) in [6.45, 7) is 0.00120. The number of rotatable bonds is 7. The normalized spacial score (nSPS) is 17.6. The fourth-order valence-corrected chi connectivity index (χ4v) is 2.72. The van der Waals surface area contributed by atoms with Crippen LogP contribution in [0.5, 0.6) is 0 Å². The second kappa shape index (κ2) is 6.72. The van der Waals surface area contributed by atoms with Gasteiger partial charge in [-0.3, -0.25) is 4.79 Å². The average Bonchev–Trinajstić information content (AvgIpc) is 2.44. The first-order valence-electron chi connectivity index (χ1n) is 7.15. The Morgan fingerprint density at radius 3 is 2.48 bits per heavy atom. The number of carboxylic acid groups (broad SMARTS) is 1. The summed E-state index contributed by atoms with van der Waals surface area (Å²) in [5.41, 5.74) is 0.742. The minimum Gasteiger partial charge on any atom is -0.479 e. The van der Waals surface area contributed by atoms with E-state index in [1.807, 2.05) is 30.3 Å². The smallest absolute Gasteiger partial charge is 0.334 e. The van der Waals surface area contributed by atoms with Crippen LogP contribution in [0.4, 0.5) is 0 Å². The lowest BCUT2D eigenvalue weighted by molar-refractivity contribution is -0.149. The van der Waals surface area contributed by atoms with E-state index in [1.54, 1.807) is 0 Å². The van der Waals surface area contributed by atoms with Crippen LogP contribution in [0.2, 0.25) is 0 Å². The largest absolute Gasteiger partial charge is 0.479 e. The quantitative estimate of drug-likeness (QED) is 0.800. The van der Waals surface area contributed by atoms with Gasteiger partial charge < -0.3 is 15.2 Å². The molecule has 1 unspecified atom stereocenters. The van der Waals surface area contributed by atoms with Gasteiger partial charge in [-0.25, -0.2) is 4.79 Å². The molecule has 2 N–H and O–H groups in total. The van der Waals surface area contributed by atoms with Crippen LogP contribution < -0.4 is 5.32 Å². The molecule has 0 heterocycles. The highest BCUT2D eigenvalue weighted by Gasteiger charge is 2.44. The van der Waals surface area contributed by atoms with Gasteiger partial charge in [0.1, 0.15) is 0 Å². The minimum absolute atomic E-state index is 0.00120. The van der Waals surface area contributed by atoms with Crippen molar-refractivity contribution in [3.63, 3.8) is 0 Å². The van der Waals surface area contributed by atoms with E-state index in [-0.39, 0.29) is 12.5 Å². The molecule has 0 radical (unpaired) electrons. The van der Waals surface area contributed by atoms with Gasteiger partial charge in [-0.15, -0.1) is 0 Å². The summed E-state index contributed by atoms with van der Waals surface area (Å²) in [5.74, 6) is -1.13. The lowest BCUT2D eigenvalue weighted by Gasteiger charge is -2.40. The highest BCUT2D eigenvalue weighted by Crippen LogP contribution is 2.43. The summed E-state index contributed by atoms with van der Waals surface area (Å²) < 4.78 is 4.83. The van der Waals surface area contributed by atoms with Gasteiger partial charge in [-0.2, -0.15) is 0 Å². The van der Waals surface area contributed by atoms with Crippen molar-refractivity contribution >= 4 is 11.9 Å². The Balaban J connectivity index is 1.97. The van der Waals surface area contributed by atoms with Crippen molar-refractivity contribution < 1.29 is 19.4 Å². The van der Waals surface area contributed by atoms with E-state index in [9.17, 15) is 9.59 Å². The molecule has 0 saturated heterocycles. The number of ether oxygens (including phenoxy) is 1. The number of carbonyl (C=O) groups is 2. The van der Waals surface area contributed by atoms with Crippen molar-refractivity contribution in [2.75, 3.05) is 13.7 Å². The van der Waals surface area contributed by atoms with E-state index in [0.717, 1.165) is 24.8 Å². The van der Waals surface area contributed by atoms with E-state index >= 15 is 0 Å². The molecule has 1 amide bonds. The van der Waals surface area contributed by atoms with Crippen LogP contribution in [0, 0.1) is 5.41 Å². The third kappa shape index (κ3) is 3.61. The van der Waals surface area contributed by atoms with Gasteiger partial charge in [-0.05, 0) is 24.8 Å². The number of carbonyl (C=O) groups excluding carboxylic acids is 1. The molecule has 1 aromatic carbocycles. The lowest BCUT2D eigenvalue weighted by Crippen LogP contribution is -2.50. The SMILES string of the molecule is COC(CNC(=O)C1(Cc2ccccc2)CCC1)C(=O)O. The van der Waals surface area contributed by atoms with Gasteiger partial charge in [0, 0.05) is 7.11 Å². The lowest BCUT2D eigenvalue weighted by atomic mass is 9.64. The van der Waals surface area contributed by atoms with Crippen molar-refractivity contribution in [2.24, 2.45) is 5.41 Å². The molecule has 1 fully saturated rings. The van der Waals surface area contributed by atoms with Gasteiger partial charge in [0.25, 0.3) is 0 Å². The molecule has 0 aliphatic heterocycles. The zero-order valence-electron chi connectivity index (χ0n) is 12.2. The molecule has 1 aromatic rings. The molecular weight excluding hydrogens is 270 g/mol. The van der Waals surface area contributed by atoms with E-state index in [0.29, 0.717) is 6.42 Å². The Hall–Kier alpha value is -1.88. The van der Waals surface area contributed by atoms with Gasteiger partial charge in [0.05, 0.1) is 12.0 Å². The van der Waals surface area contributed by atoms with Crippen LogP contribution in [0.25, 0.3) is 0 Å². The Morgan fingerprint density at radius 1 is 1.33 bits per heavy atom. The maximum Gasteiger partial charge on any atom is 0.334 e. The van der Waals surface area contributed by atoms with E-state index in [4.69, 9.17) is 9.84 Å². The Morgan fingerprint density at radius 2 is 2.00 bits per heavy atom. The van der Waals surface area contributed by atoms with Gasteiger partial charge in [-0.1, -0.05) is 36.8 Å². The molecular formula is C16H21NO4. The average molecular weight is 291 g/mol. The number of methoxy groups -OCH3 is 1. The third-order valence-corrected chi connectivity index (χ3v) is 4.19. The molecule has 5 nitrogen and oxygen atoms in total. The fourth-order valence-electron chi connectivity index (χ4n) is 2.72. The highest BCUT2D eigenvalue weighted by atomic mass is 16.5. The number of nitrogens with one attached hydrogen (secondary N) is 1. The molecule has 0 bridgehead atoms. The van der Waals surface area contributed by atoms with Crippen molar-refractivity contribution in [3.8, 4) is 0 Å². The number of hydrogen-bond acceptors (Lipinski definition) is 3. The summed E-state index contributed by atoms with van der Waals surface area (Å²) in [6.07, 6.45) is 2.43. The molecule has 0 spiro atoms. The van der Waals surface area contributed by atoms with Crippen molar-refractivity contribution in [3.05, 3.63) is 35.9 Å². The first kappa shape index (κ1) is 15.5. The number of benzene rings is 1. The van der Waals surface area contributed by atoms with Gasteiger partial charge >= 0.3 is 5.97 Å². The zero-order chi connectivity index (χ0) is 15.3. The first-order valence-corrected chi connectivity index (χ1v) is 7.15. The van der Waals surface area contributed by atoms with Gasteiger partial charge in [0.15, 0.2) is 6.10 Å². The van der Waals surface area contributed by atoms with Crippen LogP contribution in [-0.2, 0) is 20.7 Å². The van der Waals surface area contributed by atoms with Crippen molar-refractivity contribution in [1.82, 2.24) is 5.32 Å². The summed E-state index contributed by atoms with van der Waals surface area (Å²) >= 11 is 0. The summed E-state index contributed by atoms with van der Waals surface area (Å²) in [7, 11) is 1.33. The molecule has 0 aromatic heterocycles. The van der Waals surface area contributed by atoms with Crippen LogP contribution in [0.3, 0.4) is 0 Å². The number of aliphatic carboxylic acids is 1. The molecule has 114 valence electrons. The van der Waals surface area contributed by atoms with E-state index < -0.39 is 17.5 Å². The summed E-state index contributed by atoms with van der Waals surface area (Å²) in [6, 6.07) is 9.91. The summed E-state index contributed by atoms with van der Waals surface area (Å²) in [4.78, 5) is 23.3. The second-order valence-corrected chi connectivity index (χ2v) is 5.57. The zero-order valence-corrected chi connectivity index (χ0v) is 12.2. The number of hydrogen-bond donors (Lipinski definition) is 2. The Labute approximate surface area is 124 Å². The molecule has 1 aliphatic rings. The van der Waals surface area contributed by atoms with Gasteiger partial charge in [0.2, 0.25) is 5.91 Å². The summed E-state index contributed by atoms with van der Waals surface area (Å²) in [5, 5.41) is 11.7. The molecule has 1 aliphatic carbocycles. The van der Waals surface area contributed by atoms with Crippen LogP contribution in [-0.4, -0.2) is 36.7 Å². The number of carboxylic acids is 1. The van der Waals surface area contributed by atoms with E-state index in [2.05, 4.69) is 5.32 Å². The number of amides is 1. The third-order valence-electron chi connectivity index (χ3n) is 4.19. The predicted octanol–water partition coefficient (Wildman–Crippen LogP) is 1.62. The Bertz CT molecular complexity index is 496. The van der Waals surface area contributed by atoms with Crippen LogP contribution in [0.15, 0.2) is 30.3 Å². The molecule has 2 rings (SSSR count). The fraction of sp³-hybridized carbons (Fsp3) is 0.500. The Kier molecular flexibility index (Phi) is 4.96. The van der Waals surface area contributed by atoms with E-state index in [1.165, 1.54) is 7.11 Å². The molecule has 1 atom stereocenters. The maximum atomic E-state index is 12.4. The maximum absolute atomic E-state index is 12.4. The topological polar surface area (TPSA) is 75.6 Å². The minimum atomic E-state index is -1.07. The van der Waals surface area contributed by atoms with Crippen LogP contribution in [0.1, 0.15) is 24.8 Å². The van der Waals surface area contributed by atoms with Crippen LogP contribution >= 0.6 is 0 Å². The highest BCUT2D eigenvalue weighted by molar-refractivity contribution is 5.84. The molecule has 21 heavy (non-hydrogen) atoms. The molecule has 1 saturated carbocycles. The molecule has 5 heteroatoms. The van der Waals surface area contributed by atoms with Crippen molar-refractivity contribution in [1.29, 1.82) is 0 Å². The first-order chi connectivity index (χ1) is 10.1. The monoisotopic (exact) mass is 291 g/mol. The standard InChI is InChI=1S/C16H21NO4/c1-21-13(14(18)19)11-17-15(20)16(8-5-9-16)10-12-6-3-2-4-7-12/h2-4,6-7,13H,5,8-11H2,1H3,(H,17,20)(H,18,19). The predicted molar refractivity (Wildman–Crippen MR) is 77.9 cm³/mol.